The summed E-state index contributed by atoms with van der Waals surface area (Å²) in [6, 6.07) is 5.02. The number of nitrogens with two attached hydrogens (primary N) is 1. The van der Waals surface area contributed by atoms with E-state index in [1.807, 2.05) is 13.8 Å². The summed E-state index contributed by atoms with van der Waals surface area (Å²) < 4.78 is 13.2. The zero-order valence-electron chi connectivity index (χ0n) is 8.71. The molecule has 0 atom stereocenters. The maximum Gasteiger partial charge on any atom is 0.126 e. The van der Waals surface area contributed by atoms with Gasteiger partial charge in [0.25, 0.3) is 0 Å². The summed E-state index contributed by atoms with van der Waals surface area (Å²) in [4.78, 5) is 4.15. The monoisotopic (exact) mass is 194 g/mol. The lowest BCUT2D eigenvalue weighted by Crippen LogP contribution is -2.16. The molecule has 1 aromatic carbocycles. The van der Waals surface area contributed by atoms with Gasteiger partial charge in [-0.25, -0.2) is 4.39 Å². The maximum absolute atomic E-state index is 13.2. The van der Waals surface area contributed by atoms with E-state index in [0.29, 0.717) is 17.0 Å². The summed E-state index contributed by atoms with van der Waals surface area (Å²) >= 11 is 0. The van der Waals surface area contributed by atoms with Gasteiger partial charge in [-0.3, -0.25) is 4.99 Å². The Labute approximate surface area is 83.7 Å². The molecule has 0 aliphatic rings. The van der Waals surface area contributed by atoms with Gasteiger partial charge in [0.2, 0.25) is 0 Å². The van der Waals surface area contributed by atoms with Crippen molar-refractivity contribution in [2.45, 2.75) is 26.8 Å². The van der Waals surface area contributed by atoms with Crippen LogP contribution in [0.2, 0.25) is 0 Å². The number of halogens is 1. The van der Waals surface area contributed by atoms with Crippen molar-refractivity contribution in [2.75, 3.05) is 0 Å². The maximum atomic E-state index is 13.2. The second-order valence-corrected chi connectivity index (χ2v) is 3.57. The first kappa shape index (κ1) is 10.7. The minimum atomic E-state index is -0.246. The molecule has 0 aliphatic carbocycles. The first-order chi connectivity index (χ1) is 6.50. The van der Waals surface area contributed by atoms with E-state index in [1.165, 1.54) is 6.07 Å². The number of nitrogens with zero attached hydrogens (tertiary/aromatic N) is 1. The Balaban J connectivity index is 3.03. The number of aliphatic imine (C=N–C) groups is 1. The van der Waals surface area contributed by atoms with Gasteiger partial charge in [-0.15, -0.1) is 0 Å². The normalized spacial score (nSPS) is 12.2. The Bertz CT molecular complexity index is 356. The van der Waals surface area contributed by atoms with E-state index in [0.717, 1.165) is 0 Å². The molecular formula is C11H15FN2. The van der Waals surface area contributed by atoms with Gasteiger partial charge in [0.15, 0.2) is 0 Å². The average Bonchev–Trinajstić information content (AvgIpc) is 2.08. The Morgan fingerprint density at radius 3 is 2.57 bits per heavy atom. The highest BCUT2D eigenvalue weighted by Gasteiger charge is 2.03. The molecule has 0 fully saturated rings. The molecule has 0 bridgehead atoms. The molecule has 1 rings (SSSR count). The fraction of sp³-hybridized carbons (Fsp3) is 0.364. The standard InChI is InChI=1S/C11H15FN2/c1-7(2)14-11(13)9-5-4-8(3)10(12)6-9/h4-7H,1-3H3,(H2,13,14). The summed E-state index contributed by atoms with van der Waals surface area (Å²) in [5, 5.41) is 0. The highest BCUT2D eigenvalue weighted by molar-refractivity contribution is 5.97. The molecule has 2 nitrogen and oxygen atoms in total. The number of aryl methyl sites for hydroxylation is 1. The SMILES string of the molecule is Cc1ccc(C(N)=NC(C)C)cc1F. The summed E-state index contributed by atoms with van der Waals surface area (Å²) in [6.45, 7) is 5.57. The number of rotatable bonds is 2. The lowest BCUT2D eigenvalue weighted by Gasteiger charge is -2.04. The molecule has 3 heteroatoms. The predicted octanol–water partition coefficient (Wildman–Crippen LogP) is 2.25. The minimum absolute atomic E-state index is 0.124. The van der Waals surface area contributed by atoms with Gasteiger partial charge in [-0.2, -0.15) is 0 Å². The highest BCUT2D eigenvalue weighted by Crippen LogP contribution is 2.09. The quantitative estimate of drug-likeness (QED) is 0.569. The zero-order valence-corrected chi connectivity index (χ0v) is 8.71. The van der Waals surface area contributed by atoms with Crippen molar-refractivity contribution in [3.8, 4) is 0 Å². The van der Waals surface area contributed by atoms with E-state index in [-0.39, 0.29) is 11.9 Å². The first-order valence-corrected chi connectivity index (χ1v) is 4.60. The van der Waals surface area contributed by atoms with Crippen LogP contribution in [0.5, 0.6) is 0 Å². The van der Waals surface area contributed by atoms with E-state index < -0.39 is 0 Å². The van der Waals surface area contributed by atoms with Crippen LogP contribution in [0.1, 0.15) is 25.0 Å². The third-order valence-corrected chi connectivity index (χ3v) is 1.86. The molecule has 0 saturated heterocycles. The molecule has 0 heterocycles. The third kappa shape index (κ3) is 2.55. The minimum Gasteiger partial charge on any atom is -0.383 e. The molecule has 0 radical (unpaired) electrons. The fourth-order valence-electron chi connectivity index (χ4n) is 1.10. The lowest BCUT2D eigenvalue weighted by atomic mass is 10.1. The molecule has 1 aromatic rings. The summed E-state index contributed by atoms with van der Waals surface area (Å²) in [7, 11) is 0. The highest BCUT2D eigenvalue weighted by atomic mass is 19.1. The van der Waals surface area contributed by atoms with Crippen molar-refractivity contribution in [3.63, 3.8) is 0 Å². The molecule has 0 aromatic heterocycles. The summed E-state index contributed by atoms with van der Waals surface area (Å²) in [6.07, 6.45) is 0. The van der Waals surface area contributed by atoms with Crippen molar-refractivity contribution in [1.82, 2.24) is 0 Å². The topological polar surface area (TPSA) is 38.4 Å². The molecule has 0 amide bonds. The number of amidine groups is 1. The molecule has 0 unspecified atom stereocenters. The molecule has 0 spiro atoms. The van der Waals surface area contributed by atoms with Crippen LogP contribution in [-0.2, 0) is 0 Å². The second-order valence-electron chi connectivity index (χ2n) is 3.57. The smallest absolute Gasteiger partial charge is 0.126 e. The van der Waals surface area contributed by atoms with Gasteiger partial charge in [0.05, 0.1) is 0 Å². The van der Waals surface area contributed by atoms with Crippen LogP contribution in [-0.4, -0.2) is 11.9 Å². The Kier molecular flexibility index (Phi) is 3.23. The molecule has 14 heavy (non-hydrogen) atoms. The Hall–Kier alpha value is -1.38. The van der Waals surface area contributed by atoms with Gasteiger partial charge < -0.3 is 5.73 Å². The zero-order chi connectivity index (χ0) is 10.7. The number of hydrogen-bond acceptors (Lipinski definition) is 1. The van der Waals surface area contributed by atoms with Crippen molar-refractivity contribution >= 4 is 5.84 Å². The summed E-state index contributed by atoms with van der Waals surface area (Å²) in [5.41, 5.74) is 6.96. The van der Waals surface area contributed by atoms with Crippen LogP contribution in [0.25, 0.3) is 0 Å². The van der Waals surface area contributed by atoms with Gasteiger partial charge in [-0.1, -0.05) is 12.1 Å². The van der Waals surface area contributed by atoms with Crippen LogP contribution in [0, 0.1) is 12.7 Å². The van der Waals surface area contributed by atoms with E-state index in [4.69, 9.17) is 5.73 Å². The van der Waals surface area contributed by atoms with Crippen LogP contribution in [0.4, 0.5) is 4.39 Å². The van der Waals surface area contributed by atoms with Gasteiger partial charge in [-0.05, 0) is 32.4 Å². The third-order valence-electron chi connectivity index (χ3n) is 1.86. The van der Waals surface area contributed by atoms with Crippen LogP contribution < -0.4 is 5.73 Å². The Morgan fingerprint density at radius 2 is 2.07 bits per heavy atom. The van der Waals surface area contributed by atoms with E-state index in [2.05, 4.69) is 4.99 Å². The first-order valence-electron chi connectivity index (χ1n) is 4.60. The Morgan fingerprint density at radius 1 is 1.43 bits per heavy atom. The van der Waals surface area contributed by atoms with Crippen molar-refractivity contribution in [3.05, 3.63) is 35.1 Å². The van der Waals surface area contributed by atoms with Gasteiger partial charge in [0, 0.05) is 11.6 Å². The van der Waals surface area contributed by atoms with Crippen LogP contribution >= 0.6 is 0 Å². The number of benzene rings is 1. The van der Waals surface area contributed by atoms with E-state index >= 15 is 0 Å². The van der Waals surface area contributed by atoms with Crippen molar-refractivity contribution < 1.29 is 4.39 Å². The molecule has 0 saturated carbocycles. The molecule has 0 aliphatic heterocycles. The molecular weight excluding hydrogens is 179 g/mol. The second kappa shape index (κ2) is 4.22. The summed E-state index contributed by atoms with van der Waals surface area (Å²) in [5.74, 6) is 0.142. The predicted molar refractivity (Wildman–Crippen MR) is 57.0 cm³/mol. The fourth-order valence-corrected chi connectivity index (χ4v) is 1.10. The largest absolute Gasteiger partial charge is 0.383 e. The molecule has 76 valence electrons. The molecule has 2 N–H and O–H groups in total. The van der Waals surface area contributed by atoms with Crippen molar-refractivity contribution in [1.29, 1.82) is 0 Å². The van der Waals surface area contributed by atoms with Gasteiger partial charge >= 0.3 is 0 Å². The van der Waals surface area contributed by atoms with Gasteiger partial charge in [0.1, 0.15) is 11.7 Å². The number of hydrogen-bond donors (Lipinski definition) is 1. The van der Waals surface area contributed by atoms with E-state index in [1.54, 1.807) is 19.1 Å². The average molecular weight is 194 g/mol. The van der Waals surface area contributed by atoms with E-state index in [9.17, 15) is 4.39 Å². The van der Waals surface area contributed by atoms with Crippen molar-refractivity contribution in [2.24, 2.45) is 10.7 Å². The van der Waals surface area contributed by atoms with Crippen LogP contribution in [0.3, 0.4) is 0 Å². The lowest BCUT2D eigenvalue weighted by molar-refractivity contribution is 0.618. The van der Waals surface area contributed by atoms with Crippen LogP contribution in [0.15, 0.2) is 23.2 Å².